The Balaban J connectivity index is 1.69. The normalized spacial score (nSPS) is 18.5. The zero-order valence-electron chi connectivity index (χ0n) is 20.4. The molecule has 1 aliphatic heterocycles. The van der Waals surface area contributed by atoms with E-state index < -0.39 is 11.6 Å². The molecule has 3 aromatic rings. The Hall–Kier alpha value is -3.53. The van der Waals surface area contributed by atoms with E-state index in [0.29, 0.717) is 6.42 Å². The number of aliphatic hydroxyl groups is 1. The third kappa shape index (κ3) is 5.01. The van der Waals surface area contributed by atoms with Crippen LogP contribution in [0.15, 0.2) is 90.3 Å². The summed E-state index contributed by atoms with van der Waals surface area (Å²) in [5.41, 5.74) is 4.05. The summed E-state index contributed by atoms with van der Waals surface area (Å²) < 4.78 is 6.17. The van der Waals surface area contributed by atoms with Crippen LogP contribution in [0.5, 0.6) is 0 Å². The molecule has 0 aliphatic carbocycles. The average molecular weight is 456 g/mol. The van der Waals surface area contributed by atoms with Crippen molar-refractivity contribution in [2.45, 2.75) is 58.0 Å². The van der Waals surface area contributed by atoms with Gasteiger partial charge >= 0.3 is 5.97 Å². The summed E-state index contributed by atoms with van der Waals surface area (Å²) in [6, 6.07) is 26.0. The molecule has 1 aliphatic rings. The van der Waals surface area contributed by atoms with Gasteiger partial charge in [-0.3, -0.25) is 0 Å². The molecule has 0 saturated carbocycles. The number of nitrogens with one attached hydrogen (secondary N) is 1. The van der Waals surface area contributed by atoms with Gasteiger partial charge in [-0.25, -0.2) is 4.79 Å². The molecule has 1 heterocycles. The molecule has 2 N–H and O–H groups in total. The van der Waals surface area contributed by atoms with Crippen molar-refractivity contribution in [2.75, 3.05) is 5.32 Å². The molecule has 176 valence electrons. The van der Waals surface area contributed by atoms with E-state index in [-0.39, 0.29) is 23.3 Å². The molecule has 0 amide bonds. The van der Waals surface area contributed by atoms with Crippen molar-refractivity contribution < 1.29 is 14.6 Å². The molecule has 4 heteroatoms. The first-order valence-corrected chi connectivity index (χ1v) is 11.8. The lowest BCUT2D eigenvalue weighted by Crippen LogP contribution is -2.40. The van der Waals surface area contributed by atoms with Gasteiger partial charge in [-0.2, -0.15) is 0 Å². The van der Waals surface area contributed by atoms with Crippen molar-refractivity contribution in [3.8, 4) is 0 Å². The van der Waals surface area contributed by atoms with Gasteiger partial charge in [0.05, 0.1) is 6.42 Å². The largest absolute Gasteiger partial charge is 0.510 e. The lowest BCUT2D eigenvalue weighted by molar-refractivity contribution is -0.161. The van der Waals surface area contributed by atoms with E-state index in [2.05, 4.69) is 50.4 Å². The first-order valence-electron chi connectivity index (χ1n) is 11.8. The maximum absolute atomic E-state index is 13.4. The number of hydrogen-bond donors (Lipinski definition) is 2. The Morgan fingerprint density at radius 1 is 0.971 bits per heavy atom. The third-order valence-electron chi connectivity index (χ3n) is 6.44. The summed E-state index contributed by atoms with van der Waals surface area (Å²) in [6.45, 7) is 8.38. The minimum atomic E-state index is -0.928. The zero-order chi connectivity index (χ0) is 24.3. The fourth-order valence-corrected chi connectivity index (χ4v) is 4.59. The molecule has 0 radical (unpaired) electrons. The number of aliphatic hydroxyl groups excluding tert-OH is 1. The highest BCUT2D eigenvalue weighted by Gasteiger charge is 2.43. The van der Waals surface area contributed by atoms with Crippen LogP contribution in [0.2, 0.25) is 0 Å². The van der Waals surface area contributed by atoms with E-state index in [1.54, 1.807) is 0 Å². The van der Waals surface area contributed by atoms with Crippen molar-refractivity contribution >= 4 is 11.7 Å². The minimum absolute atomic E-state index is 0.0227. The van der Waals surface area contributed by atoms with E-state index in [4.69, 9.17) is 4.74 Å². The Kier molecular flexibility index (Phi) is 6.52. The van der Waals surface area contributed by atoms with Crippen LogP contribution in [0, 0.1) is 6.92 Å². The Labute approximate surface area is 202 Å². The number of ether oxygens (including phenoxy) is 1. The molecule has 4 rings (SSSR count). The number of benzene rings is 3. The fourth-order valence-electron chi connectivity index (χ4n) is 4.59. The molecule has 3 aromatic carbocycles. The molecule has 34 heavy (non-hydrogen) atoms. The summed E-state index contributed by atoms with van der Waals surface area (Å²) in [5.74, 6) is -0.517. The van der Waals surface area contributed by atoms with E-state index in [1.807, 2.05) is 61.5 Å². The maximum atomic E-state index is 13.4. The molecule has 1 atom stereocenters. The highest BCUT2D eigenvalue weighted by atomic mass is 16.6. The number of rotatable bonds is 6. The molecule has 1 unspecified atom stereocenters. The van der Waals surface area contributed by atoms with Crippen molar-refractivity contribution in [2.24, 2.45) is 0 Å². The van der Waals surface area contributed by atoms with Gasteiger partial charge in [0.2, 0.25) is 0 Å². The molecule has 0 saturated heterocycles. The predicted molar refractivity (Wildman–Crippen MR) is 137 cm³/mol. The van der Waals surface area contributed by atoms with Crippen molar-refractivity contribution in [1.29, 1.82) is 0 Å². The van der Waals surface area contributed by atoms with Gasteiger partial charge in [0.15, 0.2) is 5.70 Å². The quantitative estimate of drug-likeness (QED) is 0.395. The van der Waals surface area contributed by atoms with Gasteiger partial charge in [-0.15, -0.1) is 0 Å². The number of carbonyl (C=O) groups is 1. The van der Waals surface area contributed by atoms with Crippen LogP contribution in [-0.2, 0) is 27.0 Å². The van der Waals surface area contributed by atoms with Crippen LogP contribution in [0.25, 0.3) is 0 Å². The SMILES string of the molecule is Cc1ccc(C(C)(C)C)c(NC2=C(O)CC(CCc3ccccc3)(c3ccccc3)OC2=O)c1. The van der Waals surface area contributed by atoms with Crippen LogP contribution in [0.3, 0.4) is 0 Å². The molecule has 0 fully saturated rings. The molecule has 0 bridgehead atoms. The number of cyclic esters (lactones) is 1. The standard InChI is InChI=1S/C30H33NO3/c1-21-15-16-24(29(2,3)4)25(19-21)31-27-26(32)20-30(34-28(27)33,23-13-9-6-10-14-23)18-17-22-11-7-5-8-12-22/h5-16,19,31-32H,17-18,20H2,1-4H3. The molecule has 0 spiro atoms. The number of esters is 1. The van der Waals surface area contributed by atoms with Gasteiger partial charge in [0, 0.05) is 5.69 Å². The molecular weight excluding hydrogens is 422 g/mol. The van der Waals surface area contributed by atoms with Crippen LogP contribution < -0.4 is 5.32 Å². The van der Waals surface area contributed by atoms with Gasteiger partial charge in [0.1, 0.15) is 11.4 Å². The number of anilines is 1. The van der Waals surface area contributed by atoms with E-state index >= 15 is 0 Å². The first-order chi connectivity index (χ1) is 16.2. The summed E-state index contributed by atoms with van der Waals surface area (Å²) in [7, 11) is 0. The summed E-state index contributed by atoms with van der Waals surface area (Å²) >= 11 is 0. The average Bonchev–Trinajstić information content (AvgIpc) is 2.81. The van der Waals surface area contributed by atoms with E-state index in [9.17, 15) is 9.90 Å². The monoisotopic (exact) mass is 455 g/mol. The summed E-state index contributed by atoms with van der Waals surface area (Å²) in [5, 5.41) is 14.4. The highest BCUT2D eigenvalue weighted by molar-refractivity contribution is 5.94. The first kappa shape index (κ1) is 23.6. The lowest BCUT2D eigenvalue weighted by Gasteiger charge is -2.38. The zero-order valence-corrected chi connectivity index (χ0v) is 20.4. The molecule has 4 nitrogen and oxygen atoms in total. The lowest BCUT2D eigenvalue weighted by atomic mass is 9.82. The minimum Gasteiger partial charge on any atom is -0.510 e. The second kappa shape index (κ2) is 9.38. The fraction of sp³-hybridized carbons (Fsp3) is 0.300. The predicted octanol–water partition coefficient (Wildman–Crippen LogP) is 6.95. The smallest absolute Gasteiger partial charge is 0.359 e. The highest BCUT2D eigenvalue weighted by Crippen LogP contribution is 2.42. The third-order valence-corrected chi connectivity index (χ3v) is 6.44. The maximum Gasteiger partial charge on any atom is 0.359 e. The molecule has 0 aromatic heterocycles. The second-order valence-corrected chi connectivity index (χ2v) is 10.2. The van der Waals surface area contributed by atoms with Gasteiger partial charge in [-0.05, 0) is 53.5 Å². The van der Waals surface area contributed by atoms with Gasteiger partial charge < -0.3 is 15.2 Å². The van der Waals surface area contributed by atoms with Crippen LogP contribution in [-0.4, -0.2) is 11.1 Å². The molecular formula is C30H33NO3. The number of hydrogen-bond acceptors (Lipinski definition) is 4. The Morgan fingerprint density at radius 2 is 1.62 bits per heavy atom. The van der Waals surface area contributed by atoms with Crippen molar-refractivity contribution in [3.05, 3.63) is 113 Å². The van der Waals surface area contributed by atoms with Crippen LogP contribution in [0.1, 0.15) is 55.9 Å². The van der Waals surface area contributed by atoms with Crippen molar-refractivity contribution in [1.82, 2.24) is 0 Å². The number of aryl methyl sites for hydroxylation is 2. The summed E-state index contributed by atoms with van der Waals surface area (Å²) in [6.07, 6.45) is 1.52. The summed E-state index contributed by atoms with van der Waals surface area (Å²) in [4.78, 5) is 13.4. The Morgan fingerprint density at radius 3 is 2.24 bits per heavy atom. The second-order valence-electron chi connectivity index (χ2n) is 10.2. The van der Waals surface area contributed by atoms with Crippen molar-refractivity contribution in [3.63, 3.8) is 0 Å². The number of carbonyl (C=O) groups excluding carboxylic acids is 1. The van der Waals surface area contributed by atoms with Crippen LogP contribution >= 0.6 is 0 Å². The van der Waals surface area contributed by atoms with Gasteiger partial charge in [0.25, 0.3) is 0 Å². The van der Waals surface area contributed by atoms with E-state index in [1.165, 1.54) is 0 Å². The van der Waals surface area contributed by atoms with Crippen LogP contribution in [0.4, 0.5) is 5.69 Å². The topological polar surface area (TPSA) is 58.6 Å². The van der Waals surface area contributed by atoms with Gasteiger partial charge in [-0.1, -0.05) is 93.6 Å². The Bertz CT molecular complexity index is 1190. The van der Waals surface area contributed by atoms with E-state index in [0.717, 1.165) is 34.4 Å².